The normalized spacial score (nSPS) is 9.82. The zero-order chi connectivity index (χ0) is 8.43. The molecule has 11 heavy (non-hydrogen) atoms. The first kappa shape index (κ1) is 9.16. The maximum absolute atomic E-state index is 5.03. The zero-order valence-electron chi connectivity index (χ0n) is 5.90. The molecule has 0 bridgehead atoms. The van der Waals surface area contributed by atoms with Crippen molar-refractivity contribution >= 4 is 37.9 Å². The van der Waals surface area contributed by atoms with Crippen molar-refractivity contribution in [3.63, 3.8) is 0 Å². The molecule has 0 spiro atoms. The Labute approximate surface area is 82.4 Å². The Balaban J connectivity index is 3.24. The predicted molar refractivity (Wildman–Crippen MR) is 54.8 cm³/mol. The van der Waals surface area contributed by atoms with E-state index in [-0.39, 0.29) is 0 Å². The second kappa shape index (κ2) is 3.65. The lowest BCUT2D eigenvalue weighted by Gasteiger charge is -2.06. The number of hydrogen-bond acceptors (Lipinski definition) is 4. The summed E-state index contributed by atoms with van der Waals surface area (Å²) in [6, 6.07) is 3.61. The van der Waals surface area contributed by atoms with Gasteiger partial charge in [0, 0.05) is 9.79 Å². The molecule has 0 saturated carbocycles. The van der Waals surface area contributed by atoms with Crippen LogP contribution in [-0.2, 0) is 0 Å². The molecule has 1 aromatic carbocycles. The molecule has 4 heteroatoms. The molecule has 0 fully saturated rings. The van der Waals surface area contributed by atoms with Crippen LogP contribution in [0.4, 0.5) is 0 Å². The number of hydrogen-bond donors (Lipinski definition) is 3. The second-order valence-corrected chi connectivity index (χ2v) is 3.46. The van der Waals surface area contributed by atoms with Gasteiger partial charge in [-0.05, 0) is 12.1 Å². The number of benzene rings is 1. The van der Waals surface area contributed by atoms with Crippen molar-refractivity contribution in [2.75, 3.05) is 7.11 Å². The number of methoxy groups -OCH3 is 1. The summed E-state index contributed by atoms with van der Waals surface area (Å²) in [4.78, 5) is 2.34. The van der Waals surface area contributed by atoms with E-state index < -0.39 is 0 Å². The molecule has 0 aliphatic rings. The molecule has 0 aliphatic carbocycles. The van der Waals surface area contributed by atoms with Gasteiger partial charge in [0.05, 0.1) is 12.0 Å². The van der Waals surface area contributed by atoms with Crippen LogP contribution in [-0.4, -0.2) is 7.11 Å². The standard InChI is InChI=1S/C7H8OS3/c1-8-5-2-4(9)3-6(10)7(5)11/h2-3,9-11H,1H3. The quantitative estimate of drug-likeness (QED) is 0.596. The van der Waals surface area contributed by atoms with Crippen molar-refractivity contribution < 1.29 is 4.74 Å². The number of thiol groups is 3. The van der Waals surface area contributed by atoms with Gasteiger partial charge in [0.1, 0.15) is 5.75 Å². The SMILES string of the molecule is COc1cc(S)cc(S)c1S. The van der Waals surface area contributed by atoms with E-state index in [0.29, 0.717) is 5.75 Å². The lowest BCUT2D eigenvalue weighted by molar-refractivity contribution is 0.401. The minimum Gasteiger partial charge on any atom is -0.496 e. The topological polar surface area (TPSA) is 9.23 Å². The van der Waals surface area contributed by atoms with Crippen molar-refractivity contribution in [1.82, 2.24) is 0 Å². The smallest absolute Gasteiger partial charge is 0.134 e. The highest BCUT2D eigenvalue weighted by atomic mass is 32.1. The molecular formula is C7H8OS3. The molecule has 1 rings (SSSR count). The van der Waals surface area contributed by atoms with E-state index in [4.69, 9.17) is 4.74 Å². The summed E-state index contributed by atoms with van der Waals surface area (Å²) in [5.41, 5.74) is 0. The molecule has 1 nitrogen and oxygen atoms in total. The highest BCUT2D eigenvalue weighted by molar-refractivity contribution is 7.83. The van der Waals surface area contributed by atoms with Crippen LogP contribution in [0.3, 0.4) is 0 Å². The Morgan fingerprint density at radius 1 is 1.18 bits per heavy atom. The van der Waals surface area contributed by atoms with Crippen molar-refractivity contribution in [1.29, 1.82) is 0 Å². The Kier molecular flexibility index (Phi) is 3.04. The highest BCUT2D eigenvalue weighted by Crippen LogP contribution is 2.31. The summed E-state index contributed by atoms with van der Waals surface area (Å²) >= 11 is 12.6. The van der Waals surface area contributed by atoms with Crippen LogP contribution < -0.4 is 4.74 Å². The second-order valence-electron chi connectivity index (χ2n) is 2.02. The maximum Gasteiger partial charge on any atom is 0.134 e. The Morgan fingerprint density at radius 2 is 1.82 bits per heavy atom. The van der Waals surface area contributed by atoms with Gasteiger partial charge in [-0.2, -0.15) is 0 Å². The zero-order valence-corrected chi connectivity index (χ0v) is 8.59. The summed E-state index contributed by atoms with van der Waals surface area (Å²) in [6.07, 6.45) is 0. The van der Waals surface area contributed by atoms with Gasteiger partial charge in [-0.3, -0.25) is 0 Å². The van der Waals surface area contributed by atoms with Crippen LogP contribution in [0.5, 0.6) is 5.75 Å². The van der Waals surface area contributed by atoms with Crippen LogP contribution >= 0.6 is 37.9 Å². The summed E-state index contributed by atoms with van der Waals surface area (Å²) in [6.45, 7) is 0. The van der Waals surface area contributed by atoms with Crippen molar-refractivity contribution in [2.24, 2.45) is 0 Å². The highest BCUT2D eigenvalue weighted by Gasteiger charge is 2.03. The van der Waals surface area contributed by atoms with Gasteiger partial charge in [0.15, 0.2) is 0 Å². The molecule has 0 unspecified atom stereocenters. The fourth-order valence-electron chi connectivity index (χ4n) is 0.735. The molecule has 0 N–H and O–H groups in total. The molecule has 0 aromatic heterocycles. The first-order chi connectivity index (χ1) is 5.15. The Bertz CT molecular complexity index is 273. The van der Waals surface area contributed by atoms with E-state index in [0.717, 1.165) is 14.7 Å². The molecule has 0 atom stereocenters. The van der Waals surface area contributed by atoms with Crippen molar-refractivity contribution in [2.45, 2.75) is 14.7 Å². The molecule has 60 valence electrons. The maximum atomic E-state index is 5.03. The first-order valence-electron chi connectivity index (χ1n) is 2.94. The van der Waals surface area contributed by atoms with Gasteiger partial charge in [-0.15, -0.1) is 37.9 Å². The largest absolute Gasteiger partial charge is 0.496 e. The van der Waals surface area contributed by atoms with Crippen molar-refractivity contribution in [3.05, 3.63) is 12.1 Å². The fourth-order valence-corrected chi connectivity index (χ4v) is 1.55. The molecule has 0 amide bonds. The lowest BCUT2D eigenvalue weighted by Crippen LogP contribution is -1.85. The molecule has 0 saturated heterocycles. The van der Waals surface area contributed by atoms with Crippen LogP contribution in [0.25, 0.3) is 0 Å². The van der Waals surface area contributed by atoms with Gasteiger partial charge in [-0.25, -0.2) is 0 Å². The van der Waals surface area contributed by atoms with Gasteiger partial charge in [0.2, 0.25) is 0 Å². The van der Waals surface area contributed by atoms with Crippen LogP contribution in [0.1, 0.15) is 0 Å². The minimum atomic E-state index is 0.700. The predicted octanol–water partition coefficient (Wildman–Crippen LogP) is 2.56. The van der Waals surface area contributed by atoms with E-state index in [1.54, 1.807) is 13.2 Å². The molecule has 1 aromatic rings. The van der Waals surface area contributed by atoms with Crippen LogP contribution in [0, 0.1) is 0 Å². The van der Waals surface area contributed by atoms with Crippen LogP contribution in [0.2, 0.25) is 0 Å². The summed E-state index contributed by atoms with van der Waals surface area (Å²) in [5.74, 6) is 0.700. The summed E-state index contributed by atoms with van der Waals surface area (Å²) in [7, 11) is 1.59. The molecule has 0 heterocycles. The third kappa shape index (κ3) is 2.01. The van der Waals surface area contributed by atoms with E-state index >= 15 is 0 Å². The van der Waals surface area contributed by atoms with E-state index in [9.17, 15) is 0 Å². The van der Waals surface area contributed by atoms with Gasteiger partial charge < -0.3 is 4.74 Å². The van der Waals surface area contributed by atoms with Gasteiger partial charge >= 0.3 is 0 Å². The van der Waals surface area contributed by atoms with Crippen LogP contribution in [0.15, 0.2) is 26.8 Å². The Hall–Kier alpha value is 0.0700. The third-order valence-electron chi connectivity index (χ3n) is 1.26. The van der Waals surface area contributed by atoms with E-state index in [2.05, 4.69) is 37.9 Å². The summed E-state index contributed by atoms with van der Waals surface area (Å²) < 4.78 is 5.03. The average Bonchev–Trinajstić information content (AvgIpc) is 1.96. The lowest BCUT2D eigenvalue weighted by atomic mass is 10.3. The Morgan fingerprint density at radius 3 is 2.36 bits per heavy atom. The summed E-state index contributed by atoms with van der Waals surface area (Å²) in [5, 5.41) is 0. The van der Waals surface area contributed by atoms with Gasteiger partial charge in [-0.1, -0.05) is 0 Å². The minimum absolute atomic E-state index is 0.700. The van der Waals surface area contributed by atoms with Crippen molar-refractivity contribution in [3.8, 4) is 5.75 Å². The molecular weight excluding hydrogens is 196 g/mol. The number of ether oxygens (including phenoxy) is 1. The monoisotopic (exact) mass is 204 g/mol. The van der Waals surface area contributed by atoms with Gasteiger partial charge in [0.25, 0.3) is 0 Å². The average molecular weight is 204 g/mol. The number of rotatable bonds is 1. The molecule has 0 radical (unpaired) electrons. The third-order valence-corrected chi connectivity index (χ3v) is 2.51. The van der Waals surface area contributed by atoms with E-state index in [1.807, 2.05) is 6.07 Å². The molecule has 0 aliphatic heterocycles. The van der Waals surface area contributed by atoms with E-state index in [1.165, 1.54) is 0 Å². The first-order valence-corrected chi connectivity index (χ1v) is 4.28. The fraction of sp³-hybridized carbons (Fsp3) is 0.143.